The van der Waals surface area contributed by atoms with Gasteiger partial charge in [-0.3, -0.25) is 0 Å². The number of pyridine rings is 1. The average Bonchev–Trinajstić information content (AvgIpc) is 3.00. The Kier molecular flexibility index (Phi) is 5.33. The third-order valence-electron chi connectivity index (χ3n) is 2.99. The zero-order valence-corrected chi connectivity index (χ0v) is 13.7. The smallest absolute Gasteiger partial charge is 0.260 e. The molecule has 0 aliphatic carbocycles. The van der Waals surface area contributed by atoms with Crippen molar-refractivity contribution in [3.8, 4) is 0 Å². The summed E-state index contributed by atoms with van der Waals surface area (Å²) in [5.74, 6) is 0. The summed E-state index contributed by atoms with van der Waals surface area (Å²) in [6.07, 6.45) is 2.17. The number of aromatic nitrogens is 1. The molecular weight excluding hydrogens is 306 g/mol. The Morgan fingerprint density at radius 1 is 1.29 bits per heavy atom. The molecule has 2 aromatic rings. The number of anilines is 1. The van der Waals surface area contributed by atoms with Gasteiger partial charge in [0.05, 0.1) is 11.7 Å². The van der Waals surface area contributed by atoms with Crippen LogP contribution in [-0.4, -0.2) is 19.9 Å². The minimum atomic E-state index is -3.67. The number of sulfonamides is 1. The first kappa shape index (κ1) is 15.9. The molecule has 0 bridgehead atoms. The lowest BCUT2D eigenvalue weighted by molar-refractivity contribution is 0.550. The molecule has 2 aromatic heterocycles. The summed E-state index contributed by atoms with van der Waals surface area (Å²) < 4.78 is 27.9. The predicted octanol–water partition coefficient (Wildman–Crippen LogP) is 3.00. The molecule has 1 atom stereocenters. The quantitative estimate of drug-likeness (QED) is 0.821. The summed E-state index contributed by atoms with van der Waals surface area (Å²) in [5.41, 5.74) is 0.522. The number of thiophene rings is 1. The van der Waals surface area contributed by atoms with Gasteiger partial charge in [0.2, 0.25) is 0 Å². The SMILES string of the molecule is CCNc1cccnc1S(=O)(=O)NC(CC)c1cccs1. The largest absolute Gasteiger partial charge is 0.383 e. The van der Waals surface area contributed by atoms with Crippen LogP contribution in [0.25, 0.3) is 0 Å². The molecule has 0 saturated heterocycles. The molecule has 2 N–H and O–H groups in total. The molecule has 0 aromatic carbocycles. The monoisotopic (exact) mass is 325 g/mol. The lowest BCUT2D eigenvalue weighted by Gasteiger charge is -2.17. The summed E-state index contributed by atoms with van der Waals surface area (Å²) in [7, 11) is -3.67. The molecule has 5 nitrogen and oxygen atoms in total. The van der Waals surface area contributed by atoms with Gasteiger partial charge < -0.3 is 5.32 Å². The minimum absolute atomic E-state index is 0.0434. The molecule has 7 heteroatoms. The molecule has 114 valence electrons. The van der Waals surface area contributed by atoms with E-state index >= 15 is 0 Å². The summed E-state index contributed by atoms with van der Waals surface area (Å²) in [5, 5.41) is 5.01. The summed E-state index contributed by atoms with van der Waals surface area (Å²) >= 11 is 1.54. The Morgan fingerprint density at radius 3 is 2.71 bits per heavy atom. The number of hydrogen-bond acceptors (Lipinski definition) is 5. The van der Waals surface area contributed by atoms with Crippen molar-refractivity contribution >= 4 is 27.0 Å². The van der Waals surface area contributed by atoms with Crippen molar-refractivity contribution in [2.75, 3.05) is 11.9 Å². The maximum absolute atomic E-state index is 12.6. The van der Waals surface area contributed by atoms with E-state index in [1.165, 1.54) is 6.20 Å². The second-order valence-corrected chi connectivity index (χ2v) is 7.09. The first-order valence-electron chi connectivity index (χ1n) is 6.83. The highest BCUT2D eigenvalue weighted by Gasteiger charge is 2.24. The van der Waals surface area contributed by atoms with E-state index < -0.39 is 10.0 Å². The first-order chi connectivity index (χ1) is 10.1. The molecule has 21 heavy (non-hydrogen) atoms. The lowest BCUT2D eigenvalue weighted by atomic mass is 10.2. The minimum Gasteiger partial charge on any atom is -0.383 e. The zero-order chi connectivity index (χ0) is 15.3. The van der Waals surface area contributed by atoms with Gasteiger partial charge in [0.1, 0.15) is 0 Å². The fourth-order valence-corrected chi connectivity index (χ4v) is 4.35. The van der Waals surface area contributed by atoms with E-state index in [0.717, 1.165) is 4.88 Å². The van der Waals surface area contributed by atoms with E-state index in [2.05, 4.69) is 15.0 Å². The second kappa shape index (κ2) is 7.02. The van der Waals surface area contributed by atoms with Crippen molar-refractivity contribution in [3.05, 3.63) is 40.7 Å². The van der Waals surface area contributed by atoms with Gasteiger partial charge in [0.25, 0.3) is 10.0 Å². The van der Waals surface area contributed by atoms with Gasteiger partial charge in [-0.25, -0.2) is 18.1 Å². The Hall–Kier alpha value is -1.44. The van der Waals surface area contributed by atoms with Crippen LogP contribution >= 0.6 is 11.3 Å². The second-order valence-electron chi connectivity index (χ2n) is 4.48. The molecule has 0 aliphatic rings. The normalized spacial score (nSPS) is 13.0. The van der Waals surface area contributed by atoms with Gasteiger partial charge in [-0.05, 0) is 36.9 Å². The molecule has 0 amide bonds. The van der Waals surface area contributed by atoms with Crippen LogP contribution in [0.3, 0.4) is 0 Å². The van der Waals surface area contributed by atoms with Crippen LogP contribution in [0.1, 0.15) is 31.2 Å². The summed E-state index contributed by atoms with van der Waals surface area (Å²) in [4.78, 5) is 5.03. The molecule has 0 spiro atoms. The highest BCUT2D eigenvalue weighted by Crippen LogP contribution is 2.25. The standard InChI is InChI=1S/C14H19N3O2S2/c1-3-11(13-8-6-10-20-13)17-21(18,19)14-12(15-4-2)7-5-9-16-14/h5-11,15,17H,3-4H2,1-2H3. The van der Waals surface area contributed by atoms with Crippen molar-refractivity contribution in [2.24, 2.45) is 0 Å². The van der Waals surface area contributed by atoms with E-state index in [-0.39, 0.29) is 11.1 Å². The molecule has 0 fully saturated rings. The van der Waals surface area contributed by atoms with Crippen molar-refractivity contribution in [1.29, 1.82) is 0 Å². The molecule has 1 unspecified atom stereocenters. The first-order valence-corrected chi connectivity index (χ1v) is 9.19. The van der Waals surface area contributed by atoms with Gasteiger partial charge in [-0.15, -0.1) is 11.3 Å². The third-order valence-corrected chi connectivity index (χ3v) is 5.40. The Bertz CT molecular complexity index is 669. The van der Waals surface area contributed by atoms with Crippen molar-refractivity contribution in [2.45, 2.75) is 31.3 Å². The van der Waals surface area contributed by atoms with E-state index in [0.29, 0.717) is 18.7 Å². The average molecular weight is 325 g/mol. The fraction of sp³-hybridized carbons (Fsp3) is 0.357. The van der Waals surface area contributed by atoms with Gasteiger partial charge in [0.15, 0.2) is 5.03 Å². The maximum atomic E-state index is 12.6. The van der Waals surface area contributed by atoms with Gasteiger partial charge >= 0.3 is 0 Å². The van der Waals surface area contributed by atoms with Gasteiger partial charge in [-0.1, -0.05) is 13.0 Å². The van der Waals surface area contributed by atoms with Crippen LogP contribution in [0.2, 0.25) is 0 Å². The van der Waals surface area contributed by atoms with Crippen molar-refractivity contribution in [3.63, 3.8) is 0 Å². The number of hydrogen-bond donors (Lipinski definition) is 2. The lowest BCUT2D eigenvalue weighted by Crippen LogP contribution is -2.29. The van der Waals surface area contributed by atoms with Gasteiger partial charge in [0, 0.05) is 17.6 Å². The van der Waals surface area contributed by atoms with Crippen LogP contribution in [0, 0.1) is 0 Å². The summed E-state index contributed by atoms with van der Waals surface area (Å²) in [6, 6.07) is 7.06. The Balaban J connectivity index is 2.30. The highest BCUT2D eigenvalue weighted by molar-refractivity contribution is 7.89. The molecule has 0 radical (unpaired) electrons. The topological polar surface area (TPSA) is 71.1 Å². The summed E-state index contributed by atoms with van der Waals surface area (Å²) in [6.45, 7) is 4.50. The van der Waals surface area contributed by atoms with Crippen LogP contribution < -0.4 is 10.0 Å². The van der Waals surface area contributed by atoms with Gasteiger partial charge in [-0.2, -0.15) is 0 Å². The number of nitrogens with one attached hydrogen (secondary N) is 2. The molecule has 2 rings (SSSR count). The van der Waals surface area contributed by atoms with Crippen molar-refractivity contribution < 1.29 is 8.42 Å². The predicted molar refractivity (Wildman–Crippen MR) is 86.1 cm³/mol. The van der Waals surface area contributed by atoms with Crippen LogP contribution in [0.4, 0.5) is 5.69 Å². The number of rotatable bonds is 7. The maximum Gasteiger partial charge on any atom is 0.260 e. The number of nitrogens with zero attached hydrogens (tertiary/aromatic N) is 1. The fourth-order valence-electron chi connectivity index (χ4n) is 2.01. The van der Waals surface area contributed by atoms with E-state index in [1.54, 1.807) is 23.5 Å². The molecule has 0 saturated carbocycles. The third kappa shape index (κ3) is 3.81. The van der Waals surface area contributed by atoms with Crippen LogP contribution in [0.5, 0.6) is 0 Å². The van der Waals surface area contributed by atoms with E-state index in [1.807, 2.05) is 31.4 Å². The molecular formula is C14H19N3O2S2. The van der Waals surface area contributed by atoms with Crippen LogP contribution in [-0.2, 0) is 10.0 Å². The van der Waals surface area contributed by atoms with E-state index in [9.17, 15) is 8.42 Å². The molecule has 2 heterocycles. The zero-order valence-electron chi connectivity index (χ0n) is 12.0. The Morgan fingerprint density at radius 2 is 2.10 bits per heavy atom. The van der Waals surface area contributed by atoms with E-state index in [4.69, 9.17) is 0 Å². The van der Waals surface area contributed by atoms with Crippen molar-refractivity contribution in [1.82, 2.24) is 9.71 Å². The molecule has 0 aliphatic heterocycles. The highest BCUT2D eigenvalue weighted by atomic mass is 32.2. The van der Waals surface area contributed by atoms with Crippen LogP contribution in [0.15, 0.2) is 40.9 Å². The Labute approximate surface area is 129 Å².